The van der Waals surface area contributed by atoms with Crippen LogP contribution in [0.1, 0.15) is 60.9 Å². The van der Waals surface area contributed by atoms with Crippen LogP contribution in [0.4, 0.5) is 25.5 Å². The second-order valence-electron chi connectivity index (χ2n) is 10.6. The standard InChI is InChI=1S/C25H30F2N8O3S.H2/c1-12-7-15(12)21(36)31-23-20(22(37)28-10-13-3-4-13)16-8-14(5-6-17(16)39-23)35-11-29-32-25(35)30-18-9-19(33-34(18)2)38-24(26)27;/h9,11-15,24H,3-8,10H2,1-2H3,(H,28,37)(H,30,32)(H,31,36);1H/t12-,14-,15-;/m0./s1. The fraction of sp³-hybridized carbons (Fsp3) is 0.560. The molecule has 3 aliphatic carbocycles. The number of carbonyl (C=O) groups excluding carboxylic acids is 2. The van der Waals surface area contributed by atoms with Gasteiger partial charge in [0.15, 0.2) is 0 Å². The number of aryl methyl sites for hydroxylation is 2. The van der Waals surface area contributed by atoms with Gasteiger partial charge in [-0.15, -0.1) is 26.6 Å². The van der Waals surface area contributed by atoms with Gasteiger partial charge < -0.3 is 20.7 Å². The van der Waals surface area contributed by atoms with Crippen LogP contribution in [0.3, 0.4) is 0 Å². The summed E-state index contributed by atoms with van der Waals surface area (Å²) in [6.45, 7) is -0.279. The second kappa shape index (κ2) is 10.2. The minimum atomic E-state index is -2.98. The molecule has 3 aromatic rings. The Morgan fingerprint density at radius 3 is 2.82 bits per heavy atom. The van der Waals surface area contributed by atoms with Gasteiger partial charge in [0.05, 0.1) is 5.56 Å². The molecule has 2 amide bonds. The van der Waals surface area contributed by atoms with E-state index in [2.05, 4.69) is 42.9 Å². The summed E-state index contributed by atoms with van der Waals surface area (Å²) in [5, 5.41) is 22.0. The van der Waals surface area contributed by atoms with Crippen LogP contribution in [-0.4, -0.2) is 49.5 Å². The lowest BCUT2D eigenvalue weighted by molar-refractivity contribution is -0.117. The summed E-state index contributed by atoms with van der Waals surface area (Å²) in [6.07, 6.45) is 6.82. The molecule has 0 bridgehead atoms. The van der Waals surface area contributed by atoms with E-state index in [-0.39, 0.29) is 31.1 Å². The van der Waals surface area contributed by atoms with Gasteiger partial charge in [0.25, 0.3) is 5.91 Å². The van der Waals surface area contributed by atoms with Gasteiger partial charge in [0.2, 0.25) is 17.7 Å². The maximum absolute atomic E-state index is 13.4. The molecule has 210 valence electrons. The average Bonchev–Trinajstić information content (AvgIpc) is 3.73. The first-order valence-corrected chi connectivity index (χ1v) is 14.0. The number of amides is 2. The molecule has 2 fully saturated rings. The minimum Gasteiger partial charge on any atom is -0.415 e. The van der Waals surface area contributed by atoms with Gasteiger partial charge >= 0.3 is 6.61 Å². The number of nitrogens with one attached hydrogen (secondary N) is 3. The largest absolute Gasteiger partial charge is 0.415 e. The van der Waals surface area contributed by atoms with Crippen LogP contribution in [0.25, 0.3) is 0 Å². The average molecular weight is 563 g/mol. The van der Waals surface area contributed by atoms with E-state index < -0.39 is 6.61 Å². The summed E-state index contributed by atoms with van der Waals surface area (Å²) in [7, 11) is 1.60. The first kappa shape index (κ1) is 25.7. The van der Waals surface area contributed by atoms with E-state index in [1.165, 1.54) is 22.1 Å². The fourth-order valence-corrected chi connectivity index (χ4v) is 6.34. The highest BCUT2D eigenvalue weighted by Crippen LogP contribution is 2.44. The van der Waals surface area contributed by atoms with E-state index >= 15 is 0 Å². The van der Waals surface area contributed by atoms with Crippen LogP contribution in [0.5, 0.6) is 5.88 Å². The molecule has 6 rings (SSSR count). The predicted molar refractivity (Wildman–Crippen MR) is 142 cm³/mol. The molecule has 3 N–H and O–H groups in total. The van der Waals surface area contributed by atoms with Crippen molar-refractivity contribution in [2.75, 3.05) is 17.2 Å². The summed E-state index contributed by atoms with van der Waals surface area (Å²) < 4.78 is 32.9. The SMILES string of the molecule is C[C@H]1C[C@@H]1C(=O)Nc1sc2c(c1C(=O)NCC1CC1)C[C@@H](n1cnnc1Nc1cc(OC(F)F)nn1C)CC2.[HH]. The molecule has 2 saturated carbocycles. The van der Waals surface area contributed by atoms with Gasteiger partial charge in [-0.1, -0.05) is 6.92 Å². The lowest BCUT2D eigenvalue weighted by Gasteiger charge is -2.25. The van der Waals surface area contributed by atoms with E-state index in [9.17, 15) is 18.4 Å². The minimum absolute atomic E-state index is 0. The van der Waals surface area contributed by atoms with Gasteiger partial charge in [-0.3, -0.25) is 14.2 Å². The van der Waals surface area contributed by atoms with Crippen molar-refractivity contribution in [1.29, 1.82) is 0 Å². The second-order valence-corrected chi connectivity index (χ2v) is 11.7. The molecule has 11 nitrogen and oxygen atoms in total. The highest BCUT2D eigenvalue weighted by atomic mass is 32.1. The molecular weight excluding hydrogens is 530 g/mol. The number of thiophene rings is 1. The molecule has 0 aliphatic heterocycles. The van der Waals surface area contributed by atoms with E-state index in [0.717, 1.165) is 42.5 Å². The lowest BCUT2D eigenvalue weighted by Crippen LogP contribution is -2.28. The highest BCUT2D eigenvalue weighted by molar-refractivity contribution is 7.17. The van der Waals surface area contributed by atoms with Crippen molar-refractivity contribution >= 4 is 39.9 Å². The third-order valence-corrected chi connectivity index (χ3v) is 8.87. The van der Waals surface area contributed by atoms with Crippen molar-refractivity contribution < 1.29 is 24.5 Å². The first-order valence-electron chi connectivity index (χ1n) is 13.2. The Morgan fingerprint density at radius 2 is 2.10 bits per heavy atom. The maximum atomic E-state index is 13.4. The topological polar surface area (TPSA) is 128 Å². The number of nitrogens with zero attached hydrogens (tertiary/aromatic N) is 5. The molecule has 3 atom stereocenters. The number of hydrogen-bond donors (Lipinski definition) is 3. The third kappa shape index (κ3) is 5.47. The predicted octanol–water partition coefficient (Wildman–Crippen LogP) is 4.13. The smallest absolute Gasteiger partial charge is 0.388 e. The molecule has 39 heavy (non-hydrogen) atoms. The summed E-state index contributed by atoms with van der Waals surface area (Å²) >= 11 is 1.49. The van der Waals surface area contributed by atoms with Gasteiger partial charge in [-0.25, -0.2) is 4.68 Å². The zero-order chi connectivity index (χ0) is 27.3. The molecule has 0 saturated heterocycles. The van der Waals surface area contributed by atoms with Crippen LogP contribution in [0.15, 0.2) is 12.4 Å². The Kier molecular flexibility index (Phi) is 6.73. The molecule has 0 spiro atoms. The van der Waals surface area contributed by atoms with E-state index in [4.69, 9.17) is 0 Å². The van der Waals surface area contributed by atoms with Crippen molar-refractivity contribution in [3.63, 3.8) is 0 Å². The summed E-state index contributed by atoms with van der Waals surface area (Å²) in [4.78, 5) is 27.3. The molecule has 0 aromatic carbocycles. The van der Waals surface area contributed by atoms with Gasteiger partial charge in [0.1, 0.15) is 17.1 Å². The number of rotatable bonds is 10. The van der Waals surface area contributed by atoms with Crippen LogP contribution in [0.2, 0.25) is 0 Å². The third-order valence-electron chi connectivity index (χ3n) is 7.67. The molecule has 3 aliphatic rings. The number of hydrogen-bond acceptors (Lipinski definition) is 8. The zero-order valence-electron chi connectivity index (χ0n) is 21.6. The Hall–Kier alpha value is -3.55. The molecule has 0 unspecified atom stereocenters. The monoisotopic (exact) mass is 562 g/mol. The van der Waals surface area contributed by atoms with Crippen molar-refractivity contribution in [3.8, 4) is 5.88 Å². The molecular formula is C25H32F2N8O3S. The first-order chi connectivity index (χ1) is 18.8. The van der Waals surface area contributed by atoms with Crippen molar-refractivity contribution in [2.24, 2.45) is 24.8 Å². The number of alkyl halides is 2. The van der Waals surface area contributed by atoms with Crippen molar-refractivity contribution in [2.45, 2.75) is 58.1 Å². The molecule has 14 heteroatoms. The van der Waals surface area contributed by atoms with Crippen LogP contribution < -0.4 is 20.7 Å². The van der Waals surface area contributed by atoms with Gasteiger partial charge in [-0.05, 0) is 55.9 Å². The van der Waals surface area contributed by atoms with Crippen LogP contribution >= 0.6 is 11.3 Å². The molecule has 3 heterocycles. The Balaban J connectivity index is 0.00000323. The normalized spacial score (nSPS) is 21.9. The summed E-state index contributed by atoms with van der Waals surface area (Å²) in [6, 6.07) is 1.30. The number of anilines is 3. The fourth-order valence-electron chi connectivity index (χ4n) is 5.09. The number of ether oxygens (including phenoxy) is 1. The number of carbonyl (C=O) groups is 2. The van der Waals surface area contributed by atoms with Crippen molar-refractivity contribution in [3.05, 3.63) is 28.4 Å². The quantitative estimate of drug-likeness (QED) is 0.339. The van der Waals surface area contributed by atoms with E-state index in [0.29, 0.717) is 47.1 Å². The molecule has 0 radical (unpaired) electrons. The Morgan fingerprint density at radius 1 is 1.31 bits per heavy atom. The van der Waals surface area contributed by atoms with Gasteiger partial charge in [0, 0.05) is 37.9 Å². The molecule has 3 aromatic heterocycles. The Bertz CT molecular complexity index is 1400. The number of halogens is 2. The maximum Gasteiger partial charge on any atom is 0.388 e. The van der Waals surface area contributed by atoms with E-state index in [1.54, 1.807) is 13.4 Å². The highest BCUT2D eigenvalue weighted by Gasteiger charge is 2.40. The van der Waals surface area contributed by atoms with E-state index in [1.807, 2.05) is 4.57 Å². The zero-order valence-corrected chi connectivity index (χ0v) is 22.4. The van der Waals surface area contributed by atoms with Crippen LogP contribution in [-0.2, 0) is 24.7 Å². The summed E-state index contributed by atoms with van der Waals surface area (Å²) in [5.74, 6) is 1.35. The van der Waals surface area contributed by atoms with Gasteiger partial charge in [-0.2, -0.15) is 8.78 Å². The summed E-state index contributed by atoms with van der Waals surface area (Å²) in [5.41, 5.74) is 1.50. The lowest BCUT2D eigenvalue weighted by atomic mass is 9.91. The number of aromatic nitrogens is 5. The van der Waals surface area contributed by atoms with Crippen molar-refractivity contribution in [1.82, 2.24) is 29.9 Å². The Labute approximate surface area is 228 Å². The number of fused-ring (bicyclic) bond motifs is 1. The van der Waals surface area contributed by atoms with Crippen LogP contribution in [0, 0.1) is 17.8 Å².